The fourth-order valence-electron chi connectivity index (χ4n) is 21.4. The van der Waals surface area contributed by atoms with Crippen LogP contribution in [-0.2, 0) is 0 Å². The number of anilines is 9. The number of hydrogen-bond acceptors (Lipinski definition) is 6. The van der Waals surface area contributed by atoms with E-state index in [4.69, 9.17) is 15.0 Å². The van der Waals surface area contributed by atoms with E-state index in [1.165, 1.54) is 109 Å². The van der Waals surface area contributed by atoms with Crippen LogP contribution in [0.25, 0.3) is 193 Å². The maximum absolute atomic E-state index is 5.25. The third kappa shape index (κ3) is 17.5. The summed E-state index contributed by atoms with van der Waals surface area (Å²) < 4.78 is 6.90. The maximum atomic E-state index is 5.25. The van der Waals surface area contributed by atoms with E-state index in [1.54, 1.807) is 0 Å². The molecule has 0 aliphatic rings. The summed E-state index contributed by atoms with van der Waals surface area (Å²) >= 11 is 0. The third-order valence-electron chi connectivity index (χ3n) is 28.7. The van der Waals surface area contributed by atoms with Crippen molar-refractivity contribution in [1.29, 1.82) is 0 Å². The maximum Gasteiger partial charge on any atom is 0.145 e. The molecule has 0 spiro atoms. The van der Waals surface area contributed by atoms with Gasteiger partial charge in [-0.25, -0.2) is 15.0 Å². The van der Waals surface area contributed by atoms with Gasteiger partial charge in [0.1, 0.15) is 17.5 Å². The van der Waals surface area contributed by atoms with Crippen molar-refractivity contribution in [2.45, 2.75) is 0 Å². The molecule has 0 saturated carbocycles. The van der Waals surface area contributed by atoms with Crippen molar-refractivity contribution in [2.24, 2.45) is 0 Å². The van der Waals surface area contributed by atoms with Crippen LogP contribution < -0.4 is 14.7 Å². The Kier molecular flexibility index (Phi) is 23.9. The average molecular weight is 1920 g/mol. The molecule has 0 unspecified atom stereocenters. The van der Waals surface area contributed by atoms with Crippen molar-refractivity contribution in [3.63, 3.8) is 0 Å². The van der Waals surface area contributed by atoms with Gasteiger partial charge in [0.15, 0.2) is 0 Å². The molecule has 150 heavy (non-hydrogen) atoms. The van der Waals surface area contributed by atoms with Crippen LogP contribution >= 0.6 is 0 Å². The van der Waals surface area contributed by atoms with Gasteiger partial charge in [-0.1, -0.05) is 376 Å². The summed E-state index contributed by atoms with van der Waals surface area (Å²) in [4.78, 5) is 22.6. The molecule has 0 saturated heterocycles. The second-order valence-electron chi connectivity index (χ2n) is 37.8. The van der Waals surface area contributed by atoms with Crippen LogP contribution in [0.1, 0.15) is 0 Å². The van der Waals surface area contributed by atoms with E-state index in [2.05, 4.69) is 617 Å². The molecule has 0 fully saturated rings. The number of imidazole rings is 3. The predicted molar refractivity (Wildman–Crippen MR) is 630 cm³/mol. The van der Waals surface area contributed by atoms with Crippen LogP contribution in [0.2, 0.25) is 0 Å². The molecule has 9 heteroatoms. The summed E-state index contributed by atoms with van der Waals surface area (Å²) in [5, 5.41) is 14.7. The van der Waals surface area contributed by atoms with Crippen LogP contribution in [0.15, 0.2) is 588 Å². The van der Waals surface area contributed by atoms with E-state index in [0.717, 1.165) is 136 Å². The van der Waals surface area contributed by atoms with E-state index in [9.17, 15) is 0 Å². The summed E-state index contributed by atoms with van der Waals surface area (Å²) in [7, 11) is 0. The molecule has 0 bridgehead atoms. The van der Waals surface area contributed by atoms with Crippen LogP contribution in [0.5, 0.6) is 0 Å². The second kappa shape index (κ2) is 39.9. The molecule has 25 aromatic carbocycles. The molecule has 0 aliphatic heterocycles. The average Bonchev–Trinajstić information content (AvgIpc) is 1.59. The van der Waals surface area contributed by atoms with Gasteiger partial charge in [0.25, 0.3) is 0 Å². The molecule has 3 heterocycles. The standard InChI is InChI=1S/C51H35N3.2C45H31N3/c1-3-11-36(12-4-1)38-21-28-45(29-22-38)53(46-30-23-39(24-31-46)43-20-19-37-13-7-8-15-42(37)35-43)47-32-25-41(26-33-47)51-52-49-34-27-40-14-9-10-18-48(40)50(49)54(51)44-16-5-2-6-17-44;1-3-15-36(16-4-1)47(38-27-22-34(23-28-38)41-21-11-14-32-12-7-9-19-40(32)41)39-29-24-35(25-30-39)45-46-43-31-26-33-13-8-10-20-42(33)44(43)48(45)37-17-5-2-6-18-37;1-3-14-38(15-4-1)47(40-26-21-33(22-27-40)37-20-19-32-11-7-8-13-36(32)31-37)41-28-23-35(24-29-41)45-46-43-30-25-34-12-9-10-18-42(34)44(43)48(45)39-16-5-2-6-17-39/h1-35H;2*1-31H. The van der Waals surface area contributed by atoms with Crippen molar-refractivity contribution >= 4 is 149 Å². The minimum atomic E-state index is 0.914. The molecule has 3 aromatic heterocycles. The van der Waals surface area contributed by atoms with E-state index in [0.29, 0.717) is 0 Å². The minimum absolute atomic E-state index is 0.914. The van der Waals surface area contributed by atoms with Gasteiger partial charge in [0, 0.05) is 101 Å². The molecule has 0 N–H and O–H groups in total. The lowest BCUT2D eigenvalue weighted by Crippen LogP contribution is -2.10. The van der Waals surface area contributed by atoms with Crippen molar-refractivity contribution in [1.82, 2.24) is 28.7 Å². The molecule has 0 amide bonds. The number of benzene rings is 25. The molecule has 706 valence electrons. The Morgan fingerprint density at radius 2 is 0.347 bits per heavy atom. The van der Waals surface area contributed by atoms with Crippen LogP contribution in [0.3, 0.4) is 0 Å². The Bertz CT molecular complexity index is 9740. The molecule has 0 atom stereocenters. The highest BCUT2D eigenvalue weighted by molar-refractivity contribution is 6.10. The zero-order valence-corrected chi connectivity index (χ0v) is 82.0. The monoisotopic (exact) mass is 1920 g/mol. The summed E-state index contributed by atoms with van der Waals surface area (Å²) in [6.45, 7) is 0. The quantitative estimate of drug-likeness (QED) is 0.0804. The van der Waals surface area contributed by atoms with E-state index >= 15 is 0 Å². The van der Waals surface area contributed by atoms with Gasteiger partial charge in [-0.15, -0.1) is 0 Å². The molecule has 28 aromatic rings. The Balaban J connectivity index is 0.000000114. The van der Waals surface area contributed by atoms with Crippen LogP contribution in [0.4, 0.5) is 51.2 Å². The summed E-state index contributed by atoms with van der Waals surface area (Å²) in [5.41, 5.74) is 32.2. The van der Waals surface area contributed by atoms with Crippen molar-refractivity contribution in [3.05, 3.63) is 588 Å². The highest BCUT2D eigenvalue weighted by Crippen LogP contribution is 2.46. The molecule has 0 aliphatic carbocycles. The normalized spacial score (nSPS) is 11.3. The Morgan fingerprint density at radius 1 is 0.133 bits per heavy atom. The largest absolute Gasteiger partial charge is 0.311 e. The summed E-state index contributed by atoms with van der Waals surface area (Å²) in [6, 6.07) is 209. The van der Waals surface area contributed by atoms with Gasteiger partial charge in [-0.05, 0) is 305 Å². The van der Waals surface area contributed by atoms with Crippen molar-refractivity contribution in [2.75, 3.05) is 14.7 Å². The molecule has 9 nitrogen and oxygen atoms in total. The smallest absolute Gasteiger partial charge is 0.145 e. The molecular weight excluding hydrogens is 1820 g/mol. The number of para-hydroxylation sites is 5. The van der Waals surface area contributed by atoms with Gasteiger partial charge in [-0.3, -0.25) is 13.7 Å². The van der Waals surface area contributed by atoms with Gasteiger partial charge in [0.05, 0.1) is 33.1 Å². The minimum Gasteiger partial charge on any atom is -0.311 e. The van der Waals surface area contributed by atoms with E-state index in [1.807, 2.05) is 0 Å². The summed E-state index contributed by atoms with van der Waals surface area (Å²) in [6.07, 6.45) is 0. The van der Waals surface area contributed by atoms with Gasteiger partial charge in [-0.2, -0.15) is 0 Å². The number of rotatable bonds is 19. The summed E-state index contributed by atoms with van der Waals surface area (Å²) in [5.74, 6) is 2.76. The molecule has 0 radical (unpaired) electrons. The van der Waals surface area contributed by atoms with E-state index in [-0.39, 0.29) is 0 Å². The van der Waals surface area contributed by atoms with Crippen molar-refractivity contribution < 1.29 is 0 Å². The van der Waals surface area contributed by atoms with Gasteiger partial charge in [0.2, 0.25) is 0 Å². The number of fused-ring (bicyclic) bond motifs is 12. The number of aromatic nitrogens is 6. The third-order valence-corrected chi connectivity index (χ3v) is 28.7. The van der Waals surface area contributed by atoms with Crippen molar-refractivity contribution in [3.8, 4) is 95.7 Å². The number of hydrogen-bond donors (Lipinski definition) is 0. The first-order chi connectivity index (χ1) is 74.4. The SMILES string of the molecule is c1ccc(-c2ccc(N(c3ccc(-c4ccc5ccccc5c4)cc3)c3ccc(-c4nc5ccc6ccccc6c5n4-c4ccccc4)cc3)cc2)cc1.c1ccc(N(c2ccc(-c3ccc4ccccc4c3)cc2)c2ccc(-c3nc4ccc5ccccc5c4n3-c3ccccc3)cc2)cc1.c1ccc(N(c2ccc(-c3cccc4ccccc34)cc2)c2ccc(-c3nc4ccc5ccccc5c4n3-c3ccccc3)cc2)cc1. The Labute approximate surface area is 870 Å². The highest BCUT2D eigenvalue weighted by Gasteiger charge is 2.25. The van der Waals surface area contributed by atoms with E-state index < -0.39 is 0 Å². The fourth-order valence-corrected chi connectivity index (χ4v) is 21.4. The van der Waals surface area contributed by atoms with Gasteiger partial charge < -0.3 is 14.7 Å². The highest BCUT2D eigenvalue weighted by atomic mass is 15.2. The zero-order valence-electron chi connectivity index (χ0n) is 82.0. The molecule has 28 rings (SSSR count). The van der Waals surface area contributed by atoms with Crippen LogP contribution in [0, 0.1) is 0 Å². The first-order valence-corrected chi connectivity index (χ1v) is 51.0. The Morgan fingerprint density at radius 3 is 0.667 bits per heavy atom. The van der Waals surface area contributed by atoms with Crippen LogP contribution in [-0.4, -0.2) is 28.7 Å². The first kappa shape index (κ1) is 89.9. The lowest BCUT2D eigenvalue weighted by atomic mass is 9.98. The number of nitrogens with zero attached hydrogens (tertiary/aromatic N) is 9. The fraction of sp³-hybridized carbons (Fsp3) is 0. The first-order valence-electron chi connectivity index (χ1n) is 51.0. The zero-order chi connectivity index (χ0) is 99.6. The van der Waals surface area contributed by atoms with Gasteiger partial charge >= 0.3 is 0 Å². The second-order valence-corrected chi connectivity index (χ2v) is 37.8. The predicted octanol–water partition coefficient (Wildman–Crippen LogP) is 38.1. The lowest BCUT2D eigenvalue weighted by Gasteiger charge is -2.26. The lowest BCUT2D eigenvalue weighted by molar-refractivity contribution is 1.11. The molecular formula is C141H97N9. The topological polar surface area (TPSA) is 63.2 Å². The Hall–Kier alpha value is -20.1.